The first-order valence-electron chi connectivity index (χ1n) is 15.4. The minimum Gasteiger partial charge on any atom is -0.444 e. The van der Waals surface area contributed by atoms with E-state index in [1.54, 1.807) is 11.7 Å². The van der Waals surface area contributed by atoms with Crippen molar-refractivity contribution in [3.63, 3.8) is 0 Å². The van der Waals surface area contributed by atoms with E-state index in [1.165, 1.54) is 45.8 Å². The molecule has 0 bridgehead atoms. The number of carbonyl (C=O) groups excluding carboxylic acids is 3. The number of oxazole rings is 1. The summed E-state index contributed by atoms with van der Waals surface area (Å²) in [4.78, 5) is 47.4. The number of aliphatic hydroxyl groups is 1. The van der Waals surface area contributed by atoms with Crippen LogP contribution in [0.5, 0.6) is 0 Å². The number of sulfonamides is 1. The number of ether oxygens (including phenoxy) is 1. The van der Waals surface area contributed by atoms with Gasteiger partial charge in [0, 0.05) is 38.8 Å². The normalized spacial score (nSPS) is 16.2. The van der Waals surface area contributed by atoms with Gasteiger partial charge in [0.05, 0.1) is 27.4 Å². The van der Waals surface area contributed by atoms with E-state index in [0.29, 0.717) is 11.9 Å². The number of rotatable bonds is 14. The Balaban J connectivity index is 1.35. The summed E-state index contributed by atoms with van der Waals surface area (Å²) >= 11 is 1.34. The maximum atomic E-state index is 14.1. The molecule has 14 nitrogen and oxygen atoms in total. The molecular formula is C32H38N6O8S2. The summed E-state index contributed by atoms with van der Waals surface area (Å²) in [6.07, 6.45) is 0.350. The lowest BCUT2D eigenvalue weighted by Crippen LogP contribution is -2.51. The summed E-state index contributed by atoms with van der Waals surface area (Å²) < 4.78 is 40.5. The fraction of sp³-hybridized carbons (Fsp3) is 0.406. The summed E-state index contributed by atoms with van der Waals surface area (Å²) in [5.74, 6) is -0.712. The van der Waals surface area contributed by atoms with Crippen LogP contribution >= 0.6 is 11.3 Å². The lowest BCUT2D eigenvalue weighted by Gasteiger charge is -2.30. The van der Waals surface area contributed by atoms with E-state index in [4.69, 9.17) is 9.15 Å². The van der Waals surface area contributed by atoms with Gasteiger partial charge in [-0.1, -0.05) is 44.2 Å². The molecule has 3 unspecified atom stereocenters. The highest BCUT2D eigenvalue weighted by atomic mass is 32.2. The molecule has 0 saturated carbocycles. The van der Waals surface area contributed by atoms with E-state index < -0.39 is 40.2 Å². The van der Waals surface area contributed by atoms with Crippen molar-refractivity contribution in [3.8, 4) is 0 Å². The van der Waals surface area contributed by atoms with Gasteiger partial charge in [-0.2, -0.15) is 9.29 Å². The minimum atomic E-state index is -4.20. The van der Waals surface area contributed by atoms with Crippen LogP contribution in [0.2, 0.25) is 0 Å². The topological polar surface area (TPSA) is 184 Å². The van der Waals surface area contributed by atoms with Gasteiger partial charge in [-0.3, -0.25) is 19.5 Å². The fourth-order valence-corrected chi connectivity index (χ4v) is 7.42. The van der Waals surface area contributed by atoms with Crippen LogP contribution in [0.1, 0.15) is 37.1 Å². The molecule has 1 aliphatic rings. The van der Waals surface area contributed by atoms with Crippen molar-refractivity contribution in [2.75, 3.05) is 25.0 Å². The number of nitrogens with zero attached hydrogens (tertiary/aromatic N) is 4. The Morgan fingerprint density at radius 2 is 1.96 bits per heavy atom. The number of aliphatic hydroxyl groups excluding tert-OH is 1. The van der Waals surface area contributed by atoms with Gasteiger partial charge < -0.3 is 24.9 Å². The second-order valence-electron chi connectivity index (χ2n) is 11.9. The van der Waals surface area contributed by atoms with Crippen LogP contribution in [0.3, 0.4) is 0 Å². The highest BCUT2D eigenvalue weighted by Gasteiger charge is 2.34. The van der Waals surface area contributed by atoms with Crippen LogP contribution in [-0.2, 0) is 37.4 Å². The third-order valence-corrected chi connectivity index (χ3v) is 10.3. The summed E-state index contributed by atoms with van der Waals surface area (Å²) in [6, 6.07) is 11.8. The number of alkyl carbamates (subject to hydrolysis) is 1. The van der Waals surface area contributed by atoms with Crippen LogP contribution in [0.25, 0.3) is 11.1 Å². The molecule has 3 amide bonds. The predicted octanol–water partition coefficient (Wildman–Crippen LogP) is 3.07. The van der Waals surface area contributed by atoms with Gasteiger partial charge in [0.2, 0.25) is 15.9 Å². The predicted molar refractivity (Wildman–Crippen MR) is 178 cm³/mol. The van der Waals surface area contributed by atoms with Gasteiger partial charge in [0.1, 0.15) is 18.2 Å². The van der Waals surface area contributed by atoms with Crippen molar-refractivity contribution < 1.29 is 37.1 Å². The van der Waals surface area contributed by atoms with Crippen molar-refractivity contribution in [2.24, 2.45) is 5.92 Å². The molecule has 0 spiro atoms. The fourth-order valence-electron chi connectivity index (χ4n) is 5.28. The van der Waals surface area contributed by atoms with E-state index in [-0.39, 0.29) is 60.9 Å². The largest absolute Gasteiger partial charge is 0.444 e. The Morgan fingerprint density at radius 1 is 1.19 bits per heavy atom. The zero-order chi connectivity index (χ0) is 34.4. The number of carbonyl (C=O) groups is 3. The van der Waals surface area contributed by atoms with Crippen LogP contribution in [0.4, 0.5) is 10.8 Å². The molecule has 2 aromatic heterocycles. The summed E-state index contributed by atoms with van der Waals surface area (Å²) in [5.41, 5.74) is 2.92. The summed E-state index contributed by atoms with van der Waals surface area (Å²) in [7, 11) is -2.73. The Labute approximate surface area is 282 Å². The second kappa shape index (κ2) is 15.2. The smallest absolute Gasteiger partial charge is 0.407 e. The maximum Gasteiger partial charge on any atom is 0.407 e. The number of benzene rings is 2. The lowest BCUT2D eigenvalue weighted by molar-refractivity contribution is -0.124. The number of hydrogen-bond donors (Lipinski definition) is 3. The molecule has 256 valence electrons. The average Bonchev–Trinajstić information content (AvgIpc) is 3.83. The van der Waals surface area contributed by atoms with Crippen LogP contribution in [0, 0.1) is 5.92 Å². The first-order valence-corrected chi connectivity index (χ1v) is 17.7. The Kier molecular flexibility index (Phi) is 11.1. The van der Waals surface area contributed by atoms with Gasteiger partial charge in [0.25, 0.3) is 5.91 Å². The van der Waals surface area contributed by atoms with E-state index in [9.17, 15) is 27.9 Å². The van der Waals surface area contributed by atoms with Crippen molar-refractivity contribution >= 4 is 56.4 Å². The van der Waals surface area contributed by atoms with Crippen molar-refractivity contribution in [1.82, 2.24) is 24.9 Å². The number of hydrogen-bond acceptors (Lipinski definition) is 11. The van der Waals surface area contributed by atoms with E-state index in [2.05, 4.69) is 20.6 Å². The van der Waals surface area contributed by atoms with Crippen LogP contribution in [0.15, 0.2) is 69.6 Å². The number of nitrogens with one attached hydrogen (secondary N) is 2. The van der Waals surface area contributed by atoms with Gasteiger partial charge in [0.15, 0.2) is 5.58 Å². The van der Waals surface area contributed by atoms with Gasteiger partial charge in [-0.15, -0.1) is 11.3 Å². The summed E-state index contributed by atoms with van der Waals surface area (Å²) in [6.45, 7) is 3.48. The molecule has 5 rings (SSSR count). The molecule has 1 saturated heterocycles. The van der Waals surface area contributed by atoms with Gasteiger partial charge in [-0.25, -0.2) is 13.2 Å². The highest BCUT2D eigenvalue weighted by Crippen LogP contribution is 2.27. The number of likely N-dealkylation sites (N-methyl/N-ethyl adjacent to an activating group) is 1. The average molecular weight is 699 g/mol. The Morgan fingerprint density at radius 3 is 2.62 bits per heavy atom. The minimum absolute atomic E-state index is 0.00539. The number of aromatic nitrogens is 2. The number of amides is 3. The Hall–Kier alpha value is -4.38. The zero-order valence-corrected chi connectivity index (χ0v) is 28.4. The molecule has 0 aliphatic carbocycles. The molecule has 4 aromatic rings. The molecule has 2 aromatic carbocycles. The van der Waals surface area contributed by atoms with E-state index in [0.717, 1.165) is 10.4 Å². The van der Waals surface area contributed by atoms with Crippen molar-refractivity contribution in [1.29, 1.82) is 0 Å². The molecule has 3 N–H and O–H groups in total. The summed E-state index contributed by atoms with van der Waals surface area (Å²) in [5, 5.41) is 16.8. The quantitative estimate of drug-likeness (QED) is 0.177. The van der Waals surface area contributed by atoms with Crippen LogP contribution in [-0.4, -0.2) is 84.0 Å². The van der Waals surface area contributed by atoms with Crippen molar-refractivity contribution in [2.45, 2.75) is 62.8 Å². The third kappa shape index (κ3) is 8.55. The lowest BCUT2D eigenvalue weighted by atomic mass is 10.0. The molecular weight excluding hydrogens is 661 g/mol. The molecule has 1 aliphatic heterocycles. The van der Waals surface area contributed by atoms with E-state index >= 15 is 0 Å². The molecule has 16 heteroatoms. The number of thiazole rings is 1. The first kappa shape index (κ1) is 34.9. The van der Waals surface area contributed by atoms with Gasteiger partial charge >= 0.3 is 12.1 Å². The molecule has 48 heavy (non-hydrogen) atoms. The SMILES string of the molecule is CC(C)CN(CC(O)C(Cc1ccccc1)NC(=O)OCc1cncs1)S(=O)(=O)c1ccc2nc(N(C)C(=O)C3CCC(=O)N3)oc2c1. The Bertz CT molecular complexity index is 1830. The third-order valence-electron chi connectivity index (χ3n) is 7.75. The highest BCUT2D eigenvalue weighted by molar-refractivity contribution is 7.89. The molecule has 1 fully saturated rings. The monoisotopic (exact) mass is 698 g/mol. The molecule has 0 radical (unpaired) electrons. The molecule has 3 atom stereocenters. The van der Waals surface area contributed by atoms with Crippen molar-refractivity contribution in [3.05, 3.63) is 70.7 Å². The maximum absolute atomic E-state index is 14.1. The number of anilines is 1. The zero-order valence-electron chi connectivity index (χ0n) is 26.7. The first-order chi connectivity index (χ1) is 22.9. The standard InChI is InChI=1S/C32H38N6O8S2/c1-20(2)16-38(17-27(39)26(13-21-7-5-4-6-8-21)36-32(42)45-18-22-15-33-19-47-22)48(43,44)23-9-10-24-28(14-23)46-31(35-24)37(3)30(41)25-11-12-29(40)34-25/h4-10,14-15,19-20,25-27,39H,11-13,16-18H2,1-3H3,(H,34,40)(H,36,42). The van der Waals surface area contributed by atoms with Crippen LogP contribution < -0.4 is 15.5 Å². The molecule has 3 heterocycles. The second-order valence-corrected chi connectivity index (χ2v) is 14.9. The van der Waals surface area contributed by atoms with E-state index in [1.807, 2.05) is 44.2 Å². The van der Waals surface area contributed by atoms with Gasteiger partial charge in [-0.05, 0) is 36.5 Å². The number of fused-ring (bicyclic) bond motifs is 1.